The van der Waals surface area contributed by atoms with Gasteiger partial charge in [0.15, 0.2) is 0 Å². The normalized spacial score (nSPS) is 27.2. The molecule has 0 saturated carbocycles. The van der Waals surface area contributed by atoms with Crippen LogP contribution in [0.2, 0.25) is 0 Å². The Balaban J connectivity index is 1.70. The zero-order valence-electron chi connectivity index (χ0n) is 27.2. The number of ether oxygens (including phenoxy) is 2. The van der Waals surface area contributed by atoms with Crippen molar-refractivity contribution < 1.29 is 33.8 Å². The Bertz CT molecular complexity index is 1270. The fourth-order valence-electron chi connectivity index (χ4n) is 7.41. The summed E-state index contributed by atoms with van der Waals surface area (Å²) in [5.41, 5.74) is -0.530. The Kier molecular flexibility index (Phi) is 10.9. The highest BCUT2D eigenvalue weighted by Gasteiger charge is 2.76. The van der Waals surface area contributed by atoms with Crippen molar-refractivity contribution >= 4 is 23.7 Å². The Morgan fingerprint density at radius 3 is 2.42 bits per heavy atom. The van der Waals surface area contributed by atoms with Crippen molar-refractivity contribution in [3.05, 3.63) is 61.2 Å². The number of hydrogen-bond acceptors (Lipinski definition) is 7. The van der Waals surface area contributed by atoms with Crippen molar-refractivity contribution in [1.29, 1.82) is 0 Å². The first kappa shape index (κ1) is 34.4. The van der Waals surface area contributed by atoms with E-state index in [2.05, 4.69) is 18.5 Å². The van der Waals surface area contributed by atoms with Crippen LogP contribution < -0.4 is 5.32 Å². The van der Waals surface area contributed by atoms with Gasteiger partial charge in [0.25, 0.3) is 0 Å². The number of allylic oxidation sites excluding steroid dienone is 1. The second kappa shape index (κ2) is 14.3. The third-order valence-corrected chi connectivity index (χ3v) is 9.58. The first-order chi connectivity index (χ1) is 21.4. The SMILES string of the molecule is C=CCCC(=O)N[C@@H](C)[C@H](OC(=O)[C@@H]1[C@H]2C(=O)N([C@@H](CO)C(C)C)[C@H](C(=O)N(CC=C)C(C)C)[C@]23CC[C@H]1O3)c1ccccc1. The second-order valence-electron chi connectivity index (χ2n) is 13.1. The van der Waals surface area contributed by atoms with Crippen molar-refractivity contribution in [2.24, 2.45) is 17.8 Å². The van der Waals surface area contributed by atoms with Crippen LogP contribution in [0, 0.1) is 17.8 Å². The van der Waals surface area contributed by atoms with Crippen molar-refractivity contribution in [1.82, 2.24) is 15.1 Å². The summed E-state index contributed by atoms with van der Waals surface area (Å²) in [4.78, 5) is 58.8. The van der Waals surface area contributed by atoms with Gasteiger partial charge < -0.3 is 29.7 Å². The molecule has 1 aromatic carbocycles. The lowest BCUT2D eigenvalue weighted by atomic mass is 9.70. The molecule has 8 atom stereocenters. The van der Waals surface area contributed by atoms with Gasteiger partial charge in [0.2, 0.25) is 17.7 Å². The number of esters is 1. The smallest absolute Gasteiger partial charge is 0.313 e. The lowest BCUT2D eigenvalue weighted by molar-refractivity contribution is -0.163. The molecule has 2 N–H and O–H groups in total. The van der Waals surface area contributed by atoms with Crippen molar-refractivity contribution in [3.8, 4) is 0 Å². The zero-order chi connectivity index (χ0) is 33.1. The molecule has 45 heavy (non-hydrogen) atoms. The Morgan fingerprint density at radius 1 is 1.16 bits per heavy atom. The van der Waals surface area contributed by atoms with Gasteiger partial charge in [-0.2, -0.15) is 0 Å². The third kappa shape index (κ3) is 6.45. The van der Waals surface area contributed by atoms with Crippen molar-refractivity contribution in [3.63, 3.8) is 0 Å². The molecule has 3 heterocycles. The molecule has 3 aliphatic rings. The molecule has 2 bridgehead atoms. The maximum Gasteiger partial charge on any atom is 0.313 e. The molecule has 0 aliphatic carbocycles. The highest BCUT2D eigenvalue weighted by Crippen LogP contribution is 2.59. The fourth-order valence-corrected chi connectivity index (χ4v) is 7.41. The second-order valence-corrected chi connectivity index (χ2v) is 13.1. The van der Waals surface area contributed by atoms with Crippen LogP contribution in [-0.2, 0) is 28.7 Å². The first-order valence-corrected chi connectivity index (χ1v) is 16.1. The van der Waals surface area contributed by atoms with E-state index in [0.717, 1.165) is 0 Å². The van der Waals surface area contributed by atoms with Crippen LogP contribution in [0.4, 0.5) is 0 Å². The Hall–Kier alpha value is -3.50. The summed E-state index contributed by atoms with van der Waals surface area (Å²) in [7, 11) is 0. The quantitative estimate of drug-likeness (QED) is 0.226. The summed E-state index contributed by atoms with van der Waals surface area (Å²) < 4.78 is 12.8. The number of rotatable bonds is 15. The standard InChI is InChI=1S/C35H49N3O7/c1-8-10-16-27(40)36-23(7)30(24-14-12-11-13-15-24)44-34(43)28-26-17-18-35(45-26)29(28)32(41)38(25(20-39)21(3)4)31(35)33(42)37(19-9-2)22(5)6/h8-9,11-15,21-23,25-26,28-31,39H,1-2,10,16-20H2,3-7H3,(H,36,40)/t23-,25-,26+,28-,29-,30-,31+,35-/m0/s1. The molecule has 10 nitrogen and oxygen atoms in total. The molecule has 1 aromatic rings. The molecule has 3 fully saturated rings. The Morgan fingerprint density at radius 2 is 1.84 bits per heavy atom. The maximum atomic E-state index is 14.5. The molecule has 0 aromatic heterocycles. The summed E-state index contributed by atoms with van der Waals surface area (Å²) in [5.74, 6) is -3.51. The third-order valence-electron chi connectivity index (χ3n) is 9.58. The van der Waals surface area contributed by atoms with Gasteiger partial charge in [-0.15, -0.1) is 13.2 Å². The molecule has 3 aliphatic heterocycles. The largest absolute Gasteiger partial charge is 0.455 e. The predicted molar refractivity (Wildman–Crippen MR) is 170 cm³/mol. The summed E-state index contributed by atoms with van der Waals surface area (Å²) in [6.45, 7) is 16.8. The van der Waals surface area contributed by atoms with Crippen LogP contribution in [0.25, 0.3) is 0 Å². The minimum atomic E-state index is -1.23. The molecule has 3 saturated heterocycles. The van der Waals surface area contributed by atoms with Crippen LogP contribution in [0.15, 0.2) is 55.6 Å². The number of aliphatic hydroxyl groups is 1. The first-order valence-electron chi connectivity index (χ1n) is 16.1. The van der Waals surface area contributed by atoms with Gasteiger partial charge in [-0.05, 0) is 51.5 Å². The van der Waals surface area contributed by atoms with Crippen LogP contribution in [0.5, 0.6) is 0 Å². The monoisotopic (exact) mass is 623 g/mol. The number of hydrogen-bond donors (Lipinski definition) is 2. The average molecular weight is 624 g/mol. The molecule has 246 valence electrons. The van der Waals surface area contributed by atoms with Crippen molar-refractivity contribution in [2.45, 2.75) is 102 Å². The number of likely N-dealkylation sites (tertiary alicyclic amines) is 1. The number of benzene rings is 1. The molecular weight excluding hydrogens is 574 g/mol. The van der Waals surface area contributed by atoms with E-state index >= 15 is 0 Å². The number of aliphatic hydroxyl groups excluding tert-OH is 1. The van der Waals surface area contributed by atoms with Gasteiger partial charge in [0.05, 0.1) is 36.6 Å². The molecule has 1 spiro atoms. The van der Waals surface area contributed by atoms with Gasteiger partial charge in [0, 0.05) is 19.0 Å². The van der Waals surface area contributed by atoms with Gasteiger partial charge in [-0.1, -0.05) is 56.3 Å². The van der Waals surface area contributed by atoms with Crippen LogP contribution in [0.3, 0.4) is 0 Å². The molecule has 4 rings (SSSR count). The van der Waals surface area contributed by atoms with E-state index in [9.17, 15) is 24.3 Å². The number of nitrogens with zero attached hydrogens (tertiary/aromatic N) is 2. The number of carbonyl (C=O) groups excluding carboxylic acids is 4. The summed E-state index contributed by atoms with van der Waals surface area (Å²) >= 11 is 0. The van der Waals surface area contributed by atoms with E-state index in [4.69, 9.17) is 9.47 Å². The Labute approximate surface area is 266 Å². The number of carbonyl (C=O) groups is 4. The zero-order valence-corrected chi connectivity index (χ0v) is 27.2. The molecule has 0 radical (unpaired) electrons. The lowest BCUT2D eigenvalue weighted by Crippen LogP contribution is -2.60. The van der Waals surface area contributed by atoms with Gasteiger partial charge in [-0.3, -0.25) is 19.2 Å². The molecular formula is C35H49N3O7. The van der Waals surface area contributed by atoms with E-state index in [1.54, 1.807) is 24.0 Å². The molecule has 0 unspecified atom stereocenters. The predicted octanol–water partition coefficient (Wildman–Crippen LogP) is 3.56. The minimum Gasteiger partial charge on any atom is -0.455 e. The van der Waals surface area contributed by atoms with Crippen LogP contribution in [-0.4, -0.2) is 87.6 Å². The summed E-state index contributed by atoms with van der Waals surface area (Å²) in [5, 5.41) is 13.4. The number of fused-ring (bicyclic) bond motifs is 1. The van der Waals surface area contributed by atoms with E-state index in [-0.39, 0.29) is 49.3 Å². The number of nitrogens with one attached hydrogen (secondary N) is 1. The summed E-state index contributed by atoms with van der Waals surface area (Å²) in [6, 6.07) is 6.78. The highest BCUT2D eigenvalue weighted by molar-refractivity contribution is 5.98. The van der Waals surface area contributed by atoms with E-state index < -0.39 is 53.7 Å². The average Bonchev–Trinajstić information content (AvgIpc) is 3.65. The van der Waals surface area contributed by atoms with Gasteiger partial charge in [0.1, 0.15) is 17.7 Å². The van der Waals surface area contributed by atoms with E-state index in [1.807, 2.05) is 58.0 Å². The van der Waals surface area contributed by atoms with Gasteiger partial charge in [-0.25, -0.2) is 0 Å². The van der Waals surface area contributed by atoms with Crippen LogP contribution >= 0.6 is 0 Å². The van der Waals surface area contributed by atoms with Gasteiger partial charge >= 0.3 is 5.97 Å². The number of amides is 3. The van der Waals surface area contributed by atoms with Crippen LogP contribution in [0.1, 0.15) is 72.0 Å². The molecule has 10 heteroatoms. The summed E-state index contributed by atoms with van der Waals surface area (Å²) in [6.07, 6.45) is 3.58. The lowest BCUT2D eigenvalue weighted by Gasteiger charge is -2.41. The van der Waals surface area contributed by atoms with Crippen molar-refractivity contribution in [2.75, 3.05) is 13.2 Å². The van der Waals surface area contributed by atoms with E-state index in [0.29, 0.717) is 24.8 Å². The highest BCUT2D eigenvalue weighted by atomic mass is 16.6. The fraction of sp³-hybridized carbons (Fsp3) is 0.600. The van der Waals surface area contributed by atoms with E-state index in [1.165, 1.54) is 4.90 Å². The maximum absolute atomic E-state index is 14.5. The topological polar surface area (TPSA) is 125 Å². The minimum absolute atomic E-state index is 0.160. The molecule has 3 amide bonds.